The van der Waals surface area contributed by atoms with Crippen molar-refractivity contribution in [3.8, 4) is 11.5 Å². The molecule has 3 nitrogen and oxygen atoms in total. The van der Waals surface area contributed by atoms with Crippen molar-refractivity contribution < 1.29 is 14.3 Å². The van der Waals surface area contributed by atoms with Crippen molar-refractivity contribution >= 4 is 12.0 Å². The van der Waals surface area contributed by atoms with Crippen molar-refractivity contribution in [1.82, 2.24) is 0 Å². The van der Waals surface area contributed by atoms with E-state index in [1.165, 1.54) is 6.08 Å². The number of benzene rings is 3. The summed E-state index contributed by atoms with van der Waals surface area (Å²) in [4.78, 5) is 12.2. The van der Waals surface area contributed by atoms with E-state index in [9.17, 15) is 4.79 Å². The van der Waals surface area contributed by atoms with E-state index >= 15 is 0 Å². The maximum atomic E-state index is 12.2. The molecule has 0 fully saturated rings. The topological polar surface area (TPSA) is 35.5 Å². The van der Waals surface area contributed by atoms with Gasteiger partial charge in [0, 0.05) is 6.08 Å². The maximum Gasteiger partial charge on any atom is 0.336 e. The van der Waals surface area contributed by atoms with Gasteiger partial charge in [-0.05, 0) is 46.9 Å². The van der Waals surface area contributed by atoms with Gasteiger partial charge in [0.1, 0.15) is 18.1 Å². The third-order valence-corrected chi connectivity index (χ3v) is 4.29. The Labute approximate surface area is 166 Å². The molecule has 28 heavy (non-hydrogen) atoms. The quantitative estimate of drug-likeness (QED) is 0.289. The van der Waals surface area contributed by atoms with E-state index in [0.29, 0.717) is 12.4 Å². The predicted molar refractivity (Wildman–Crippen MR) is 112 cm³/mol. The second kappa shape index (κ2) is 9.56. The zero-order valence-corrected chi connectivity index (χ0v) is 16.2. The van der Waals surface area contributed by atoms with Gasteiger partial charge in [-0.25, -0.2) is 4.79 Å². The zero-order valence-electron chi connectivity index (χ0n) is 16.2. The minimum absolute atomic E-state index is 0.288. The smallest absolute Gasteiger partial charge is 0.336 e. The first-order valence-electron chi connectivity index (χ1n) is 9.37. The minimum Gasteiger partial charge on any atom is -0.489 e. The Bertz CT molecular complexity index is 926. The standard InChI is InChI=1S/C25H24O3/c1-19(2)23-10-6-7-11-24(23)28-25(26)17-14-20-12-15-22(16-13-20)27-18-21-8-4-3-5-9-21/h3-17,19H,18H2,1-2H3/b17-14+. The zero-order chi connectivity index (χ0) is 19.8. The molecule has 3 heteroatoms. The van der Waals surface area contributed by atoms with Crippen LogP contribution in [-0.2, 0) is 11.4 Å². The monoisotopic (exact) mass is 372 g/mol. The van der Waals surface area contributed by atoms with Crippen LogP contribution in [0.1, 0.15) is 36.5 Å². The number of rotatable bonds is 7. The van der Waals surface area contributed by atoms with E-state index in [0.717, 1.165) is 22.4 Å². The second-order valence-corrected chi connectivity index (χ2v) is 6.79. The fourth-order valence-electron chi connectivity index (χ4n) is 2.77. The largest absolute Gasteiger partial charge is 0.489 e. The van der Waals surface area contributed by atoms with E-state index in [4.69, 9.17) is 9.47 Å². The highest BCUT2D eigenvalue weighted by Gasteiger charge is 2.09. The lowest BCUT2D eigenvalue weighted by Gasteiger charge is -2.11. The number of para-hydroxylation sites is 1. The van der Waals surface area contributed by atoms with Gasteiger partial charge in [0.25, 0.3) is 0 Å². The van der Waals surface area contributed by atoms with Crippen molar-refractivity contribution in [2.24, 2.45) is 0 Å². The molecule has 3 aromatic rings. The van der Waals surface area contributed by atoms with Gasteiger partial charge in [-0.3, -0.25) is 0 Å². The van der Waals surface area contributed by atoms with E-state index in [1.807, 2.05) is 78.9 Å². The Balaban J connectivity index is 1.56. The van der Waals surface area contributed by atoms with E-state index in [-0.39, 0.29) is 5.92 Å². The molecule has 0 aliphatic rings. The summed E-state index contributed by atoms with van der Waals surface area (Å²) in [5.41, 5.74) is 3.04. The SMILES string of the molecule is CC(C)c1ccccc1OC(=O)/C=C/c1ccc(OCc2ccccc2)cc1. The molecule has 0 amide bonds. The molecule has 142 valence electrons. The summed E-state index contributed by atoms with van der Waals surface area (Å²) in [6.45, 7) is 4.67. The van der Waals surface area contributed by atoms with E-state index < -0.39 is 5.97 Å². The number of carbonyl (C=O) groups excluding carboxylic acids is 1. The van der Waals surface area contributed by atoms with Gasteiger partial charge in [0.05, 0.1) is 0 Å². The Morgan fingerprint density at radius 1 is 0.893 bits per heavy atom. The lowest BCUT2D eigenvalue weighted by molar-refractivity contribution is -0.128. The molecule has 0 N–H and O–H groups in total. The van der Waals surface area contributed by atoms with Crippen molar-refractivity contribution in [2.45, 2.75) is 26.4 Å². The van der Waals surface area contributed by atoms with Gasteiger partial charge in [0.15, 0.2) is 0 Å². The van der Waals surface area contributed by atoms with Crippen LogP contribution in [0.4, 0.5) is 0 Å². The fraction of sp³-hybridized carbons (Fsp3) is 0.160. The lowest BCUT2D eigenvalue weighted by atomic mass is 10.0. The molecule has 0 saturated heterocycles. The first-order chi connectivity index (χ1) is 13.6. The first-order valence-corrected chi connectivity index (χ1v) is 9.37. The summed E-state index contributed by atoms with van der Waals surface area (Å²) >= 11 is 0. The van der Waals surface area contributed by atoms with Crippen LogP contribution in [0.15, 0.2) is 84.9 Å². The van der Waals surface area contributed by atoms with Crippen molar-refractivity contribution in [1.29, 1.82) is 0 Å². The average Bonchev–Trinajstić information content (AvgIpc) is 2.72. The number of carbonyl (C=O) groups is 1. The third kappa shape index (κ3) is 5.58. The van der Waals surface area contributed by atoms with Crippen LogP contribution in [0, 0.1) is 0 Å². The van der Waals surface area contributed by atoms with Crippen LogP contribution in [0.5, 0.6) is 11.5 Å². The van der Waals surface area contributed by atoms with E-state index in [1.54, 1.807) is 6.08 Å². The van der Waals surface area contributed by atoms with Crippen molar-refractivity contribution in [3.63, 3.8) is 0 Å². The molecule has 0 aliphatic heterocycles. The van der Waals surface area contributed by atoms with E-state index in [2.05, 4.69) is 13.8 Å². The molecule has 0 radical (unpaired) electrons. The molecule has 0 aromatic heterocycles. The van der Waals surface area contributed by atoms with Crippen LogP contribution in [0.25, 0.3) is 6.08 Å². The number of esters is 1. The van der Waals surface area contributed by atoms with Gasteiger partial charge < -0.3 is 9.47 Å². The number of hydrogen-bond acceptors (Lipinski definition) is 3. The van der Waals surface area contributed by atoms with Gasteiger partial charge in [0.2, 0.25) is 0 Å². The summed E-state index contributed by atoms with van der Waals surface area (Å²) in [5, 5.41) is 0. The fourth-order valence-corrected chi connectivity index (χ4v) is 2.77. The molecule has 0 heterocycles. The second-order valence-electron chi connectivity index (χ2n) is 6.79. The molecule has 0 atom stereocenters. The van der Waals surface area contributed by atoms with Crippen LogP contribution in [0.3, 0.4) is 0 Å². The van der Waals surface area contributed by atoms with Crippen molar-refractivity contribution in [3.05, 3.63) is 102 Å². The Kier molecular flexibility index (Phi) is 6.64. The summed E-state index contributed by atoms with van der Waals surface area (Å²) in [7, 11) is 0. The molecular weight excluding hydrogens is 348 g/mol. The van der Waals surface area contributed by atoms with Gasteiger partial charge in [-0.2, -0.15) is 0 Å². The van der Waals surface area contributed by atoms with Crippen LogP contribution >= 0.6 is 0 Å². The Morgan fingerprint density at radius 3 is 2.29 bits per heavy atom. The molecule has 0 saturated carbocycles. The predicted octanol–water partition coefficient (Wildman–Crippen LogP) is 6.01. The molecule has 0 spiro atoms. The summed E-state index contributed by atoms with van der Waals surface area (Å²) < 4.78 is 11.3. The Morgan fingerprint density at radius 2 is 1.57 bits per heavy atom. The Hall–Kier alpha value is -3.33. The van der Waals surface area contributed by atoms with Crippen LogP contribution < -0.4 is 9.47 Å². The summed E-state index contributed by atoms with van der Waals surface area (Å²) in [6, 6.07) is 25.2. The highest BCUT2D eigenvalue weighted by molar-refractivity contribution is 5.88. The highest BCUT2D eigenvalue weighted by atomic mass is 16.5. The van der Waals surface area contributed by atoms with Gasteiger partial charge in [-0.15, -0.1) is 0 Å². The maximum absolute atomic E-state index is 12.2. The number of hydrogen-bond donors (Lipinski definition) is 0. The first kappa shape index (κ1) is 19.4. The molecule has 3 rings (SSSR count). The summed E-state index contributed by atoms with van der Waals surface area (Å²) in [5.74, 6) is 1.29. The molecule has 0 aliphatic carbocycles. The number of ether oxygens (including phenoxy) is 2. The summed E-state index contributed by atoms with van der Waals surface area (Å²) in [6.07, 6.45) is 3.18. The third-order valence-electron chi connectivity index (χ3n) is 4.29. The normalized spacial score (nSPS) is 11.0. The van der Waals surface area contributed by atoms with Crippen LogP contribution in [0.2, 0.25) is 0 Å². The molecule has 0 bridgehead atoms. The van der Waals surface area contributed by atoms with Gasteiger partial charge in [-0.1, -0.05) is 74.5 Å². The minimum atomic E-state index is -0.391. The van der Waals surface area contributed by atoms with Crippen molar-refractivity contribution in [2.75, 3.05) is 0 Å². The van der Waals surface area contributed by atoms with Crippen LogP contribution in [-0.4, -0.2) is 5.97 Å². The molecule has 3 aromatic carbocycles. The highest BCUT2D eigenvalue weighted by Crippen LogP contribution is 2.26. The molecule has 0 unspecified atom stereocenters. The molecular formula is C25H24O3. The average molecular weight is 372 g/mol. The lowest BCUT2D eigenvalue weighted by Crippen LogP contribution is -2.06. The van der Waals surface area contributed by atoms with Gasteiger partial charge >= 0.3 is 5.97 Å².